The van der Waals surface area contributed by atoms with E-state index in [1.54, 1.807) is 12.1 Å². The lowest BCUT2D eigenvalue weighted by atomic mass is 9.86. The van der Waals surface area contributed by atoms with Gasteiger partial charge in [0.25, 0.3) is 0 Å². The molecule has 0 bridgehead atoms. The van der Waals surface area contributed by atoms with Gasteiger partial charge in [-0.15, -0.1) is 0 Å². The summed E-state index contributed by atoms with van der Waals surface area (Å²) in [5.74, 6) is 1.17. The lowest BCUT2D eigenvalue weighted by molar-refractivity contribution is 0.126. The van der Waals surface area contributed by atoms with E-state index in [-0.39, 0.29) is 11.0 Å². The molecule has 0 heterocycles. The van der Waals surface area contributed by atoms with Gasteiger partial charge in [0.2, 0.25) is 10.0 Å². The van der Waals surface area contributed by atoms with E-state index in [0.717, 1.165) is 37.2 Å². The van der Waals surface area contributed by atoms with Crippen LogP contribution in [0.25, 0.3) is 0 Å². The first-order valence-corrected chi connectivity index (χ1v) is 8.75. The van der Waals surface area contributed by atoms with Crippen LogP contribution in [0.3, 0.4) is 0 Å². The van der Waals surface area contributed by atoms with E-state index in [4.69, 9.17) is 9.88 Å². The van der Waals surface area contributed by atoms with Crippen molar-refractivity contribution >= 4 is 10.0 Å². The van der Waals surface area contributed by atoms with Crippen LogP contribution in [-0.2, 0) is 10.0 Å². The third-order valence-electron chi connectivity index (χ3n) is 4.07. The quantitative estimate of drug-likeness (QED) is 0.928. The number of benzene rings is 1. The molecular weight excluding hydrogens is 274 g/mol. The predicted molar refractivity (Wildman–Crippen MR) is 79.2 cm³/mol. The van der Waals surface area contributed by atoms with Crippen LogP contribution in [-0.4, -0.2) is 14.5 Å². The molecule has 1 saturated carbocycles. The second-order valence-corrected chi connectivity index (χ2v) is 7.19. The number of aryl methyl sites for hydroxylation is 1. The molecule has 4 nitrogen and oxygen atoms in total. The maximum Gasteiger partial charge on any atom is 0.241 e. The van der Waals surface area contributed by atoms with Gasteiger partial charge >= 0.3 is 0 Å². The van der Waals surface area contributed by atoms with Crippen LogP contribution in [0.15, 0.2) is 23.1 Å². The van der Waals surface area contributed by atoms with Crippen molar-refractivity contribution in [2.75, 3.05) is 0 Å². The summed E-state index contributed by atoms with van der Waals surface area (Å²) in [4.78, 5) is 0.0927. The highest BCUT2D eigenvalue weighted by molar-refractivity contribution is 7.89. The van der Waals surface area contributed by atoms with Crippen molar-refractivity contribution < 1.29 is 13.2 Å². The summed E-state index contributed by atoms with van der Waals surface area (Å²) in [7, 11) is -3.75. The largest absolute Gasteiger partial charge is 0.489 e. The molecule has 1 aliphatic rings. The SMILES string of the molecule is CCC1CCC(Oc2ccc(C)cc2S(N)(=O)=O)CC1. The molecular formula is C15H23NO3S. The van der Waals surface area contributed by atoms with Gasteiger partial charge in [-0.05, 0) is 56.2 Å². The maximum absolute atomic E-state index is 11.6. The average molecular weight is 297 g/mol. The number of rotatable bonds is 4. The van der Waals surface area contributed by atoms with Crippen LogP contribution in [0, 0.1) is 12.8 Å². The first-order valence-electron chi connectivity index (χ1n) is 7.20. The third kappa shape index (κ3) is 3.73. The van der Waals surface area contributed by atoms with Crippen molar-refractivity contribution in [3.63, 3.8) is 0 Å². The molecule has 0 amide bonds. The highest BCUT2D eigenvalue weighted by Crippen LogP contribution is 2.32. The van der Waals surface area contributed by atoms with Crippen molar-refractivity contribution in [3.05, 3.63) is 23.8 Å². The Hall–Kier alpha value is -1.07. The zero-order valence-electron chi connectivity index (χ0n) is 12.1. The standard InChI is InChI=1S/C15H23NO3S/c1-3-12-5-7-13(8-6-12)19-14-9-4-11(2)10-15(14)20(16,17)18/h4,9-10,12-13H,3,5-8H2,1-2H3,(H2,16,17,18). The summed E-state index contributed by atoms with van der Waals surface area (Å²) in [5, 5.41) is 5.27. The lowest BCUT2D eigenvalue weighted by Gasteiger charge is -2.28. The molecule has 1 fully saturated rings. The Morgan fingerprint density at radius 2 is 1.90 bits per heavy atom. The van der Waals surface area contributed by atoms with E-state index in [0.29, 0.717) is 5.75 Å². The Bertz CT molecular complexity index is 560. The molecule has 0 unspecified atom stereocenters. The van der Waals surface area contributed by atoms with Crippen molar-refractivity contribution in [1.29, 1.82) is 0 Å². The zero-order chi connectivity index (χ0) is 14.8. The van der Waals surface area contributed by atoms with Gasteiger partial charge < -0.3 is 4.74 Å². The fourth-order valence-corrected chi connectivity index (χ4v) is 3.52. The fourth-order valence-electron chi connectivity index (χ4n) is 2.77. The Morgan fingerprint density at radius 3 is 2.45 bits per heavy atom. The van der Waals surface area contributed by atoms with Crippen molar-refractivity contribution in [3.8, 4) is 5.75 Å². The molecule has 112 valence electrons. The summed E-state index contributed by atoms with van der Waals surface area (Å²) in [6.07, 6.45) is 5.57. The fraction of sp³-hybridized carbons (Fsp3) is 0.600. The van der Waals surface area contributed by atoms with Gasteiger partial charge in [-0.3, -0.25) is 0 Å². The van der Waals surface area contributed by atoms with Gasteiger partial charge in [0, 0.05) is 0 Å². The monoisotopic (exact) mass is 297 g/mol. The number of primary sulfonamides is 1. The third-order valence-corrected chi connectivity index (χ3v) is 5.00. The van der Waals surface area contributed by atoms with Crippen LogP contribution >= 0.6 is 0 Å². The van der Waals surface area contributed by atoms with Crippen LogP contribution in [0.5, 0.6) is 5.75 Å². The molecule has 1 aromatic rings. The summed E-state index contributed by atoms with van der Waals surface area (Å²) in [5.41, 5.74) is 0.857. The van der Waals surface area contributed by atoms with Crippen LogP contribution < -0.4 is 9.88 Å². The minimum Gasteiger partial charge on any atom is -0.489 e. The summed E-state index contributed by atoms with van der Waals surface area (Å²) in [6, 6.07) is 5.13. The number of nitrogens with two attached hydrogens (primary N) is 1. The minimum atomic E-state index is -3.75. The molecule has 0 spiro atoms. The van der Waals surface area contributed by atoms with Crippen molar-refractivity contribution in [2.24, 2.45) is 11.1 Å². The van der Waals surface area contributed by atoms with Crippen molar-refractivity contribution in [1.82, 2.24) is 0 Å². The van der Waals surface area contributed by atoms with Gasteiger partial charge in [-0.1, -0.05) is 19.4 Å². The van der Waals surface area contributed by atoms with Gasteiger partial charge in [0.05, 0.1) is 6.10 Å². The van der Waals surface area contributed by atoms with Gasteiger partial charge in [0.1, 0.15) is 10.6 Å². The zero-order valence-corrected chi connectivity index (χ0v) is 12.9. The van der Waals surface area contributed by atoms with Crippen molar-refractivity contribution in [2.45, 2.75) is 57.0 Å². The van der Waals surface area contributed by atoms with Crippen LogP contribution in [0.2, 0.25) is 0 Å². The van der Waals surface area contributed by atoms with E-state index < -0.39 is 10.0 Å². The Kier molecular flexibility index (Phi) is 4.70. The van der Waals surface area contributed by atoms with E-state index >= 15 is 0 Å². The summed E-state index contributed by atoms with van der Waals surface area (Å²) < 4.78 is 29.2. The topological polar surface area (TPSA) is 69.4 Å². The molecule has 5 heteroatoms. The first-order chi connectivity index (χ1) is 9.40. The van der Waals surface area contributed by atoms with Crippen LogP contribution in [0.1, 0.15) is 44.6 Å². The highest BCUT2D eigenvalue weighted by Gasteiger charge is 2.23. The number of hydrogen-bond acceptors (Lipinski definition) is 3. The molecule has 1 aliphatic carbocycles. The Morgan fingerprint density at radius 1 is 1.25 bits per heavy atom. The van der Waals surface area contributed by atoms with E-state index in [2.05, 4.69) is 6.92 Å². The predicted octanol–water partition coefficient (Wildman–Crippen LogP) is 2.99. The smallest absolute Gasteiger partial charge is 0.241 e. The number of sulfonamides is 1. The molecule has 1 aromatic carbocycles. The molecule has 0 atom stereocenters. The van der Waals surface area contributed by atoms with Crippen LogP contribution in [0.4, 0.5) is 0 Å². The second-order valence-electron chi connectivity index (χ2n) is 5.66. The number of ether oxygens (including phenoxy) is 1. The number of hydrogen-bond donors (Lipinski definition) is 1. The molecule has 0 aliphatic heterocycles. The summed E-state index contributed by atoms with van der Waals surface area (Å²) >= 11 is 0. The Labute approximate surface area is 121 Å². The van der Waals surface area contributed by atoms with Gasteiger partial charge in [-0.2, -0.15) is 0 Å². The molecule has 2 rings (SSSR count). The molecule has 0 radical (unpaired) electrons. The molecule has 20 heavy (non-hydrogen) atoms. The maximum atomic E-state index is 11.6. The molecule has 0 aromatic heterocycles. The highest BCUT2D eigenvalue weighted by atomic mass is 32.2. The van der Waals surface area contributed by atoms with E-state index in [9.17, 15) is 8.42 Å². The second kappa shape index (κ2) is 6.14. The van der Waals surface area contributed by atoms with Gasteiger partial charge in [-0.25, -0.2) is 13.6 Å². The minimum absolute atomic E-state index is 0.0927. The van der Waals surface area contributed by atoms with Gasteiger partial charge in [0.15, 0.2) is 0 Å². The summed E-state index contributed by atoms with van der Waals surface area (Å²) in [6.45, 7) is 4.05. The van der Waals surface area contributed by atoms with E-state index in [1.165, 1.54) is 6.42 Å². The molecule has 2 N–H and O–H groups in total. The normalized spacial score (nSPS) is 23.6. The molecule has 0 saturated heterocycles. The van der Waals surface area contributed by atoms with E-state index in [1.807, 2.05) is 13.0 Å². The first kappa shape index (κ1) is 15.3. The average Bonchev–Trinajstić information content (AvgIpc) is 2.40. The lowest BCUT2D eigenvalue weighted by Crippen LogP contribution is -2.25. The Balaban J connectivity index is 2.14.